The van der Waals surface area contributed by atoms with Crippen LogP contribution in [0.15, 0.2) is 43.0 Å². The summed E-state index contributed by atoms with van der Waals surface area (Å²) in [7, 11) is 1.47. The molecule has 2 rings (SSSR count). The van der Waals surface area contributed by atoms with E-state index < -0.39 is 18.1 Å². The molecule has 1 aromatic rings. The number of esters is 1. The number of hydrogen-bond acceptors (Lipinski definition) is 5. The van der Waals surface area contributed by atoms with E-state index in [0.29, 0.717) is 13.1 Å². The van der Waals surface area contributed by atoms with Crippen LogP contribution in [0.25, 0.3) is 0 Å². The molecule has 1 aromatic carbocycles. The van der Waals surface area contributed by atoms with Gasteiger partial charge in [0.05, 0.1) is 6.42 Å². The van der Waals surface area contributed by atoms with E-state index in [-0.39, 0.29) is 25.5 Å². The predicted octanol–water partition coefficient (Wildman–Crippen LogP) is 2.76. The summed E-state index contributed by atoms with van der Waals surface area (Å²) in [5.41, 5.74) is 0.841. The zero-order valence-corrected chi connectivity index (χ0v) is 16.3. The normalized spacial score (nSPS) is 14.7. The number of likely N-dealkylation sites (tertiary alicyclic amines) is 1. The van der Waals surface area contributed by atoms with Crippen LogP contribution in [0.5, 0.6) is 0 Å². The Labute approximate surface area is 165 Å². The fraction of sp³-hybridized carbons (Fsp3) is 0.476. The van der Waals surface area contributed by atoms with Crippen molar-refractivity contribution >= 4 is 18.0 Å². The largest absolute Gasteiger partial charge is 0.461 e. The van der Waals surface area contributed by atoms with Crippen molar-refractivity contribution in [3.63, 3.8) is 0 Å². The molecule has 0 radical (unpaired) electrons. The van der Waals surface area contributed by atoms with Crippen LogP contribution in [0.2, 0.25) is 0 Å². The molecule has 0 N–H and O–H groups in total. The van der Waals surface area contributed by atoms with E-state index in [9.17, 15) is 14.4 Å². The zero-order valence-electron chi connectivity index (χ0n) is 16.3. The molecule has 7 heteroatoms. The third kappa shape index (κ3) is 6.40. The van der Waals surface area contributed by atoms with Crippen molar-refractivity contribution in [2.24, 2.45) is 0 Å². The van der Waals surface area contributed by atoms with Gasteiger partial charge in [0.1, 0.15) is 19.3 Å². The van der Waals surface area contributed by atoms with E-state index in [1.54, 1.807) is 4.90 Å². The van der Waals surface area contributed by atoms with Crippen molar-refractivity contribution in [2.45, 2.75) is 38.3 Å². The minimum Gasteiger partial charge on any atom is -0.461 e. The highest BCUT2D eigenvalue weighted by atomic mass is 16.6. The molecule has 152 valence electrons. The highest BCUT2D eigenvalue weighted by Gasteiger charge is 2.34. The Bertz CT molecular complexity index is 671. The van der Waals surface area contributed by atoms with Gasteiger partial charge in [0.25, 0.3) is 0 Å². The summed E-state index contributed by atoms with van der Waals surface area (Å²) in [4.78, 5) is 40.5. The van der Waals surface area contributed by atoms with Gasteiger partial charge in [-0.1, -0.05) is 43.0 Å². The first-order valence-corrected chi connectivity index (χ1v) is 9.51. The maximum Gasteiger partial charge on any atom is 0.410 e. The summed E-state index contributed by atoms with van der Waals surface area (Å²) in [5.74, 6) is -0.813. The van der Waals surface area contributed by atoms with Crippen molar-refractivity contribution in [1.82, 2.24) is 9.80 Å². The van der Waals surface area contributed by atoms with Crippen LogP contribution in [0.4, 0.5) is 4.79 Å². The summed E-state index contributed by atoms with van der Waals surface area (Å²) in [6.45, 7) is 4.91. The highest BCUT2D eigenvalue weighted by Crippen LogP contribution is 2.16. The first kappa shape index (κ1) is 21.5. The fourth-order valence-electron chi connectivity index (χ4n) is 3.03. The molecular formula is C21H28N2O5. The molecule has 1 aliphatic heterocycles. The number of ether oxygens (including phenoxy) is 2. The summed E-state index contributed by atoms with van der Waals surface area (Å²) in [6, 6.07) is 8.31. The molecule has 0 aliphatic carbocycles. The molecular weight excluding hydrogens is 360 g/mol. The molecule has 0 aromatic heterocycles. The fourth-order valence-corrected chi connectivity index (χ4v) is 3.03. The second-order valence-electron chi connectivity index (χ2n) is 6.73. The Balaban J connectivity index is 2.04. The van der Waals surface area contributed by atoms with Gasteiger partial charge in [-0.05, 0) is 24.8 Å². The molecule has 0 bridgehead atoms. The number of hydrogen-bond donors (Lipinski definition) is 0. The number of amides is 2. The average molecular weight is 388 g/mol. The number of piperidine rings is 1. The second-order valence-corrected chi connectivity index (χ2v) is 6.73. The van der Waals surface area contributed by atoms with Crippen LogP contribution in [-0.2, 0) is 25.7 Å². The Hall–Kier alpha value is -2.83. The van der Waals surface area contributed by atoms with Crippen molar-refractivity contribution < 1.29 is 23.9 Å². The monoisotopic (exact) mass is 388 g/mol. The highest BCUT2D eigenvalue weighted by molar-refractivity contribution is 5.89. The van der Waals surface area contributed by atoms with Crippen LogP contribution in [0, 0.1) is 0 Å². The Morgan fingerprint density at radius 1 is 1.14 bits per heavy atom. The molecule has 1 heterocycles. The lowest BCUT2D eigenvalue weighted by Crippen LogP contribution is -2.51. The molecule has 1 aliphatic rings. The van der Waals surface area contributed by atoms with Gasteiger partial charge >= 0.3 is 12.1 Å². The van der Waals surface area contributed by atoms with E-state index >= 15 is 0 Å². The van der Waals surface area contributed by atoms with E-state index in [1.807, 2.05) is 30.3 Å². The number of carbonyl (C=O) groups excluding carboxylic acids is 3. The molecule has 28 heavy (non-hydrogen) atoms. The predicted molar refractivity (Wildman–Crippen MR) is 104 cm³/mol. The Morgan fingerprint density at radius 2 is 1.82 bits per heavy atom. The number of nitrogens with zero attached hydrogens (tertiary/aromatic N) is 2. The first-order valence-electron chi connectivity index (χ1n) is 9.51. The average Bonchev–Trinajstić information content (AvgIpc) is 2.74. The van der Waals surface area contributed by atoms with Gasteiger partial charge in [0.15, 0.2) is 0 Å². The standard InChI is InChI=1S/C21H28N2O5/c1-3-14-27-19(24)15-18(20(25)23-12-8-5-9-13-23)22(2)21(26)28-16-17-10-6-4-7-11-17/h3-4,6-7,10-11,18H,1,5,8-9,12-16H2,2H3. The van der Waals surface area contributed by atoms with Crippen LogP contribution in [0.1, 0.15) is 31.2 Å². The van der Waals surface area contributed by atoms with E-state index in [0.717, 1.165) is 24.8 Å². The number of carbonyl (C=O) groups is 3. The van der Waals surface area contributed by atoms with Crippen LogP contribution >= 0.6 is 0 Å². The summed E-state index contributed by atoms with van der Waals surface area (Å²) in [6.07, 6.45) is 3.49. The third-order valence-corrected chi connectivity index (χ3v) is 4.64. The van der Waals surface area contributed by atoms with Crippen molar-refractivity contribution in [2.75, 3.05) is 26.7 Å². The van der Waals surface area contributed by atoms with E-state index in [2.05, 4.69) is 6.58 Å². The number of likely N-dealkylation sites (N-methyl/N-ethyl adjacent to an activating group) is 1. The third-order valence-electron chi connectivity index (χ3n) is 4.64. The molecule has 2 amide bonds. The van der Waals surface area contributed by atoms with Gasteiger partial charge in [0.2, 0.25) is 5.91 Å². The molecule has 1 atom stereocenters. The smallest absolute Gasteiger partial charge is 0.410 e. The molecule has 7 nitrogen and oxygen atoms in total. The van der Waals surface area contributed by atoms with Gasteiger partial charge in [-0.3, -0.25) is 14.5 Å². The van der Waals surface area contributed by atoms with Crippen molar-refractivity contribution in [3.8, 4) is 0 Å². The topological polar surface area (TPSA) is 76.2 Å². The van der Waals surface area contributed by atoms with Crippen molar-refractivity contribution in [1.29, 1.82) is 0 Å². The van der Waals surface area contributed by atoms with E-state index in [1.165, 1.54) is 18.0 Å². The molecule has 0 saturated carbocycles. The maximum atomic E-state index is 13.0. The Morgan fingerprint density at radius 3 is 2.46 bits per heavy atom. The second kappa shape index (κ2) is 11.1. The van der Waals surface area contributed by atoms with Gasteiger partial charge in [-0.2, -0.15) is 0 Å². The summed E-state index contributed by atoms with van der Waals surface area (Å²) < 4.78 is 10.3. The molecule has 1 unspecified atom stereocenters. The van der Waals surface area contributed by atoms with Gasteiger partial charge in [-0.15, -0.1) is 0 Å². The van der Waals surface area contributed by atoms with Gasteiger partial charge in [0, 0.05) is 20.1 Å². The van der Waals surface area contributed by atoms with E-state index in [4.69, 9.17) is 9.47 Å². The summed E-state index contributed by atoms with van der Waals surface area (Å²) in [5, 5.41) is 0. The number of benzene rings is 1. The number of rotatable bonds is 8. The lowest BCUT2D eigenvalue weighted by molar-refractivity contribution is -0.148. The SMILES string of the molecule is C=CCOC(=O)CC(C(=O)N1CCCCC1)N(C)C(=O)OCc1ccccc1. The van der Waals surface area contributed by atoms with Crippen LogP contribution < -0.4 is 0 Å². The lowest BCUT2D eigenvalue weighted by atomic mass is 10.1. The first-order chi connectivity index (χ1) is 13.5. The quantitative estimate of drug-likeness (QED) is 0.506. The molecule has 1 fully saturated rings. The summed E-state index contributed by atoms with van der Waals surface area (Å²) >= 11 is 0. The molecule has 1 saturated heterocycles. The van der Waals surface area contributed by atoms with Crippen LogP contribution in [-0.4, -0.2) is 60.6 Å². The molecule has 0 spiro atoms. The minimum absolute atomic E-state index is 0.0611. The zero-order chi connectivity index (χ0) is 20.4. The maximum absolute atomic E-state index is 13.0. The van der Waals surface area contributed by atoms with Gasteiger partial charge < -0.3 is 14.4 Å². The Kier molecular flexibility index (Phi) is 8.52. The van der Waals surface area contributed by atoms with Crippen molar-refractivity contribution in [3.05, 3.63) is 48.6 Å². The van der Waals surface area contributed by atoms with Gasteiger partial charge in [-0.25, -0.2) is 4.79 Å². The minimum atomic E-state index is -0.960. The lowest BCUT2D eigenvalue weighted by Gasteiger charge is -2.33. The van der Waals surface area contributed by atoms with Crippen LogP contribution in [0.3, 0.4) is 0 Å².